The third-order valence-corrected chi connectivity index (χ3v) is 4.96. The van der Waals surface area contributed by atoms with Crippen LogP contribution in [0.25, 0.3) is 11.0 Å². The van der Waals surface area contributed by atoms with Gasteiger partial charge in [-0.15, -0.1) is 0 Å². The topological polar surface area (TPSA) is 75.1 Å². The number of carboxylic acids is 1. The molecule has 0 radical (unpaired) electrons. The molecule has 1 aromatic heterocycles. The van der Waals surface area contributed by atoms with E-state index in [0.717, 1.165) is 12.8 Å². The lowest BCUT2D eigenvalue weighted by Gasteiger charge is -2.34. The summed E-state index contributed by atoms with van der Waals surface area (Å²) in [5.74, 6) is 0.00866. The standard InChI is InChI=1S/C16H20N2O3/c1-9-4-3-5-13(10(9)2)18-14-8-11(15(19)20)6-7-12(14)17-16(18)21/h6-10,13H,3-5H2,1-2H3,(H,17,21)(H,19,20). The van der Waals surface area contributed by atoms with Crippen molar-refractivity contribution >= 4 is 17.0 Å². The summed E-state index contributed by atoms with van der Waals surface area (Å²) >= 11 is 0. The first-order valence-corrected chi connectivity index (χ1v) is 7.46. The predicted molar refractivity (Wildman–Crippen MR) is 80.7 cm³/mol. The fraction of sp³-hybridized carbons (Fsp3) is 0.500. The van der Waals surface area contributed by atoms with Crippen LogP contribution in [0.3, 0.4) is 0 Å². The van der Waals surface area contributed by atoms with Gasteiger partial charge in [0.15, 0.2) is 0 Å². The largest absolute Gasteiger partial charge is 0.478 e. The highest BCUT2D eigenvalue weighted by atomic mass is 16.4. The average molecular weight is 288 g/mol. The van der Waals surface area contributed by atoms with Crippen LogP contribution in [0.2, 0.25) is 0 Å². The number of carbonyl (C=O) groups is 1. The second kappa shape index (κ2) is 5.06. The van der Waals surface area contributed by atoms with Gasteiger partial charge < -0.3 is 10.1 Å². The molecular weight excluding hydrogens is 268 g/mol. The molecule has 1 aliphatic carbocycles. The number of hydrogen-bond acceptors (Lipinski definition) is 2. The number of hydrogen-bond donors (Lipinski definition) is 2. The molecule has 112 valence electrons. The summed E-state index contributed by atoms with van der Waals surface area (Å²) in [4.78, 5) is 26.3. The van der Waals surface area contributed by atoms with E-state index in [2.05, 4.69) is 18.8 Å². The maximum absolute atomic E-state index is 12.3. The Morgan fingerprint density at radius 2 is 2.10 bits per heavy atom. The van der Waals surface area contributed by atoms with E-state index in [1.54, 1.807) is 16.7 Å². The molecule has 1 aromatic carbocycles. The summed E-state index contributed by atoms with van der Waals surface area (Å²) in [5.41, 5.74) is 1.48. The second-order valence-electron chi connectivity index (χ2n) is 6.17. The van der Waals surface area contributed by atoms with Crippen LogP contribution >= 0.6 is 0 Å². The zero-order chi connectivity index (χ0) is 15.1. The monoisotopic (exact) mass is 288 g/mol. The number of nitrogens with zero attached hydrogens (tertiary/aromatic N) is 1. The fourth-order valence-electron chi connectivity index (χ4n) is 3.50. The number of carboxylic acid groups (broad SMARTS) is 1. The molecule has 2 N–H and O–H groups in total. The van der Waals surface area contributed by atoms with Gasteiger partial charge in [0.2, 0.25) is 0 Å². The van der Waals surface area contributed by atoms with E-state index < -0.39 is 5.97 Å². The third kappa shape index (κ3) is 2.26. The van der Waals surface area contributed by atoms with E-state index in [1.807, 2.05) is 0 Å². The number of benzene rings is 1. The van der Waals surface area contributed by atoms with Crippen molar-refractivity contribution in [3.05, 3.63) is 34.2 Å². The first-order chi connectivity index (χ1) is 9.99. The van der Waals surface area contributed by atoms with Gasteiger partial charge in [-0.05, 0) is 36.5 Å². The number of rotatable bonds is 2. The van der Waals surface area contributed by atoms with Crippen molar-refractivity contribution in [1.29, 1.82) is 0 Å². The molecule has 0 aliphatic heterocycles. The molecule has 3 rings (SSSR count). The Morgan fingerprint density at radius 3 is 2.81 bits per heavy atom. The molecule has 1 aliphatic rings. The molecule has 3 unspecified atom stereocenters. The molecule has 5 nitrogen and oxygen atoms in total. The van der Waals surface area contributed by atoms with Crippen molar-refractivity contribution in [2.75, 3.05) is 0 Å². The molecule has 1 saturated carbocycles. The zero-order valence-electron chi connectivity index (χ0n) is 12.3. The lowest BCUT2D eigenvalue weighted by molar-refractivity contribution is 0.0697. The van der Waals surface area contributed by atoms with Crippen LogP contribution in [0.5, 0.6) is 0 Å². The minimum atomic E-state index is -0.970. The highest BCUT2D eigenvalue weighted by molar-refractivity contribution is 5.92. The van der Waals surface area contributed by atoms with Gasteiger partial charge in [-0.25, -0.2) is 9.59 Å². The van der Waals surface area contributed by atoms with Crippen LogP contribution in [0, 0.1) is 11.8 Å². The van der Waals surface area contributed by atoms with E-state index in [1.165, 1.54) is 12.5 Å². The van der Waals surface area contributed by atoms with Crippen LogP contribution in [-0.2, 0) is 0 Å². The van der Waals surface area contributed by atoms with Crippen LogP contribution in [0.1, 0.15) is 49.5 Å². The van der Waals surface area contributed by atoms with E-state index in [4.69, 9.17) is 5.11 Å². The van der Waals surface area contributed by atoms with Gasteiger partial charge in [-0.2, -0.15) is 0 Å². The highest BCUT2D eigenvalue weighted by Crippen LogP contribution is 2.38. The Kier molecular flexibility index (Phi) is 3.35. The normalized spacial score (nSPS) is 26.1. The van der Waals surface area contributed by atoms with Gasteiger partial charge in [-0.3, -0.25) is 4.57 Å². The number of aromatic nitrogens is 2. The van der Waals surface area contributed by atoms with Crippen molar-refractivity contribution in [1.82, 2.24) is 9.55 Å². The minimum absolute atomic E-state index is 0.138. The minimum Gasteiger partial charge on any atom is -0.478 e. The molecular formula is C16H20N2O3. The summed E-state index contributed by atoms with van der Waals surface area (Å²) in [5, 5.41) is 9.15. The fourth-order valence-corrected chi connectivity index (χ4v) is 3.50. The summed E-state index contributed by atoms with van der Waals surface area (Å²) in [6.45, 7) is 4.40. The maximum Gasteiger partial charge on any atom is 0.335 e. The number of aromatic amines is 1. The Bertz CT molecular complexity index is 744. The van der Waals surface area contributed by atoms with Gasteiger partial charge in [0.1, 0.15) is 0 Å². The first kappa shape index (κ1) is 13.9. The van der Waals surface area contributed by atoms with E-state index in [9.17, 15) is 9.59 Å². The molecule has 1 heterocycles. The maximum atomic E-state index is 12.3. The lowest BCUT2D eigenvalue weighted by atomic mass is 9.78. The first-order valence-electron chi connectivity index (χ1n) is 7.46. The van der Waals surface area contributed by atoms with Crippen molar-refractivity contribution in [2.45, 2.75) is 39.2 Å². The van der Waals surface area contributed by atoms with E-state index >= 15 is 0 Å². The van der Waals surface area contributed by atoms with Crippen LogP contribution in [0.15, 0.2) is 23.0 Å². The molecule has 5 heteroatoms. The summed E-state index contributed by atoms with van der Waals surface area (Å²) in [6.07, 6.45) is 3.26. The molecule has 2 aromatic rings. The quantitative estimate of drug-likeness (QED) is 0.892. The van der Waals surface area contributed by atoms with Crippen LogP contribution in [0.4, 0.5) is 0 Å². The SMILES string of the molecule is CC1CCCC(n2c(=O)[nH]c3ccc(C(=O)O)cc32)C1C. The number of H-pyrrole nitrogens is 1. The molecule has 21 heavy (non-hydrogen) atoms. The van der Waals surface area contributed by atoms with E-state index in [-0.39, 0.29) is 17.3 Å². The summed E-state index contributed by atoms with van der Waals surface area (Å²) in [7, 11) is 0. The number of imidazole rings is 1. The smallest absolute Gasteiger partial charge is 0.335 e. The molecule has 3 atom stereocenters. The number of aromatic carboxylic acids is 1. The molecule has 1 fully saturated rings. The number of fused-ring (bicyclic) bond motifs is 1. The highest BCUT2D eigenvalue weighted by Gasteiger charge is 2.30. The van der Waals surface area contributed by atoms with Gasteiger partial charge in [0.25, 0.3) is 0 Å². The van der Waals surface area contributed by atoms with Gasteiger partial charge in [0, 0.05) is 6.04 Å². The van der Waals surface area contributed by atoms with Gasteiger partial charge in [-0.1, -0.05) is 26.7 Å². The Morgan fingerprint density at radius 1 is 1.33 bits per heavy atom. The number of nitrogens with one attached hydrogen (secondary N) is 1. The lowest BCUT2D eigenvalue weighted by Crippen LogP contribution is -2.32. The zero-order valence-corrected chi connectivity index (χ0v) is 12.3. The Balaban J connectivity index is 2.16. The molecule has 0 saturated heterocycles. The predicted octanol–water partition coefficient (Wildman–Crippen LogP) is 3.03. The summed E-state index contributed by atoms with van der Waals surface area (Å²) < 4.78 is 1.77. The van der Waals surface area contributed by atoms with Crippen molar-refractivity contribution < 1.29 is 9.90 Å². The molecule has 0 spiro atoms. The van der Waals surface area contributed by atoms with Crippen molar-refractivity contribution in [3.63, 3.8) is 0 Å². The molecule has 0 bridgehead atoms. The molecule has 0 amide bonds. The van der Waals surface area contributed by atoms with Gasteiger partial charge in [0.05, 0.1) is 16.6 Å². The third-order valence-electron chi connectivity index (χ3n) is 4.96. The van der Waals surface area contributed by atoms with Crippen LogP contribution < -0.4 is 5.69 Å². The Hall–Kier alpha value is -2.04. The summed E-state index contributed by atoms with van der Waals surface area (Å²) in [6, 6.07) is 4.94. The van der Waals surface area contributed by atoms with Crippen LogP contribution in [-0.4, -0.2) is 20.6 Å². The average Bonchev–Trinajstić information content (AvgIpc) is 2.77. The van der Waals surface area contributed by atoms with E-state index in [0.29, 0.717) is 22.9 Å². The second-order valence-corrected chi connectivity index (χ2v) is 6.17. The van der Waals surface area contributed by atoms with Crippen molar-refractivity contribution in [2.24, 2.45) is 11.8 Å². The van der Waals surface area contributed by atoms with Gasteiger partial charge >= 0.3 is 11.7 Å². The van der Waals surface area contributed by atoms with Crippen molar-refractivity contribution in [3.8, 4) is 0 Å². The Labute approximate surface area is 122 Å².